The molecule has 96 valence electrons. The fraction of sp³-hybridized carbons (Fsp3) is 0.538. The van der Waals surface area contributed by atoms with E-state index in [9.17, 15) is 8.42 Å². The van der Waals surface area contributed by atoms with Gasteiger partial charge in [0.05, 0.1) is 11.9 Å². The SMILES string of the molecule is CCc1ccc(C(C)C)c(N(C)S(C)(=O)=O)c1. The zero-order chi connectivity index (χ0) is 13.2. The van der Waals surface area contributed by atoms with E-state index in [4.69, 9.17) is 0 Å². The fourth-order valence-corrected chi connectivity index (χ4v) is 2.26. The summed E-state index contributed by atoms with van der Waals surface area (Å²) in [5.74, 6) is 0.306. The molecule has 0 aliphatic heterocycles. The first-order chi connectivity index (χ1) is 7.77. The van der Waals surface area contributed by atoms with Gasteiger partial charge in [0, 0.05) is 7.05 Å². The lowest BCUT2D eigenvalue weighted by Crippen LogP contribution is -2.26. The molecule has 0 aliphatic carbocycles. The van der Waals surface area contributed by atoms with Gasteiger partial charge in [0.15, 0.2) is 0 Å². The first kappa shape index (κ1) is 14.0. The molecular weight excluding hydrogens is 234 g/mol. The minimum Gasteiger partial charge on any atom is -0.273 e. The monoisotopic (exact) mass is 255 g/mol. The Bertz CT molecular complexity index is 492. The Kier molecular flexibility index (Phi) is 4.20. The molecular formula is C13H21NO2S. The average molecular weight is 255 g/mol. The van der Waals surface area contributed by atoms with Gasteiger partial charge in [0.2, 0.25) is 10.0 Å². The van der Waals surface area contributed by atoms with Crippen LogP contribution in [-0.4, -0.2) is 21.7 Å². The summed E-state index contributed by atoms with van der Waals surface area (Å²) in [5.41, 5.74) is 3.01. The number of anilines is 1. The van der Waals surface area contributed by atoms with Crippen LogP contribution in [0.15, 0.2) is 18.2 Å². The molecule has 0 saturated carbocycles. The van der Waals surface area contributed by atoms with Crippen LogP contribution in [0.25, 0.3) is 0 Å². The van der Waals surface area contributed by atoms with Gasteiger partial charge in [-0.3, -0.25) is 4.31 Å². The Morgan fingerprint density at radius 1 is 1.29 bits per heavy atom. The zero-order valence-corrected chi connectivity index (χ0v) is 12.0. The van der Waals surface area contributed by atoms with Gasteiger partial charge in [-0.05, 0) is 29.5 Å². The van der Waals surface area contributed by atoms with E-state index in [1.807, 2.05) is 12.1 Å². The van der Waals surface area contributed by atoms with Crippen LogP contribution < -0.4 is 4.31 Å². The number of sulfonamides is 1. The maximum atomic E-state index is 11.6. The van der Waals surface area contributed by atoms with Crippen molar-refractivity contribution in [2.75, 3.05) is 17.6 Å². The molecule has 4 heteroatoms. The second kappa shape index (κ2) is 5.08. The molecule has 0 bridgehead atoms. The van der Waals surface area contributed by atoms with Crippen LogP contribution in [0.1, 0.15) is 37.8 Å². The normalized spacial score (nSPS) is 11.9. The molecule has 0 N–H and O–H groups in total. The first-order valence-electron chi connectivity index (χ1n) is 5.84. The largest absolute Gasteiger partial charge is 0.273 e. The van der Waals surface area contributed by atoms with Crippen LogP contribution in [0.2, 0.25) is 0 Å². The average Bonchev–Trinajstić information content (AvgIpc) is 2.25. The van der Waals surface area contributed by atoms with E-state index in [1.54, 1.807) is 7.05 Å². The van der Waals surface area contributed by atoms with Gasteiger partial charge < -0.3 is 0 Å². The Morgan fingerprint density at radius 3 is 2.29 bits per heavy atom. The van der Waals surface area contributed by atoms with Crippen LogP contribution in [0.4, 0.5) is 5.69 Å². The molecule has 0 atom stereocenters. The molecule has 3 nitrogen and oxygen atoms in total. The molecule has 0 aliphatic rings. The summed E-state index contributed by atoms with van der Waals surface area (Å²) in [6, 6.07) is 6.06. The van der Waals surface area contributed by atoms with Crippen molar-refractivity contribution in [3.63, 3.8) is 0 Å². The third-order valence-corrected chi connectivity index (χ3v) is 4.15. The van der Waals surface area contributed by atoms with Gasteiger partial charge in [0.25, 0.3) is 0 Å². The smallest absolute Gasteiger partial charge is 0.232 e. The first-order valence-corrected chi connectivity index (χ1v) is 7.69. The summed E-state index contributed by atoms with van der Waals surface area (Å²) >= 11 is 0. The summed E-state index contributed by atoms with van der Waals surface area (Å²) in [5, 5.41) is 0. The highest BCUT2D eigenvalue weighted by molar-refractivity contribution is 7.92. The highest BCUT2D eigenvalue weighted by atomic mass is 32.2. The van der Waals surface area contributed by atoms with Crippen LogP contribution in [0, 0.1) is 0 Å². The number of nitrogens with zero attached hydrogens (tertiary/aromatic N) is 1. The molecule has 0 fully saturated rings. The second-order valence-electron chi connectivity index (χ2n) is 4.63. The number of hydrogen-bond donors (Lipinski definition) is 0. The fourth-order valence-electron chi connectivity index (χ4n) is 1.75. The Labute approximate surface area is 105 Å². The van der Waals surface area contributed by atoms with Crippen molar-refractivity contribution >= 4 is 15.7 Å². The van der Waals surface area contributed by atoms with Gasteiger partial charge in [0.1, 0.15) is 0 Å². The predicted molar refractivity (Wildman–Crippen MR) is 73.2 cm³/mol. The third kappa shape index (κ3) is 3.22. The molecule has 0 saturated heterocycles. The Balaban J connectivity index is 3.37. The standard InChI is InChI=1S/C13H21NO2S/c1-6-11-7-8-12(10(2)3)13(9-11)14(4)17(5,15)16/h7-10H,6H2,1-5H3. The third-order valence-electron chi connectivity index (χ3n) is 2.96. The lowest BCUT2D eigenvalue weighted by molar-refractivity contribution is 0.600. The van der Waals surface area contributed by atoms with Gasteiger partial charge in [-0.1, -0.05) is 32.9 Å². The lowest BCUT2D eigenvalue weighted by Gasteiger charge is -2.22. The van der Waals surface area contributed by atoms with E-state index in [-0.39, 0.29) is 0 Å². The molecule has 1 rings (SSSR count). The summed E-state index contributed by atoms with van der Waals surface area (Å²) < 4.78 is 24.6. The highest BCUT2D eigenvalue weighted by Gasteiger charge is 2.17. The van der Waals surface area contributed by atoms with Crippen molar-refractivity contribution in [2.45, 2.75) is 33.1 Å². The highest BCUT2D eigenvalue weighted by Crippen LogP contribution is 2.29. The van der Waals surface area contributed by atoms with E-state index >= 15 is 0 Å². The minimum atomic E-state index is -3.20. The van der Waals surface area contributed by atoms with Crippen LogP contribution in [-0.2, 0) is 16.4 Å². The molecule has 1 aromatic rings. The Morgan fingerprint density at radius 2 is 1.88 bits per heavy atom. The van der Waals surface area contributed by atoms with E-state index in [1.165, 1.54) is 10.6 Å². The second-order valence-corrected chi connectivity index (χ2v) is 6.65. The zero-order valence-electron chi connectivity index (χ0n) is 11.2. The molecule has 1 aromatic carbocycles. The maximum Gasteiger partial charge on any atom is 0.232 e. The number of aryl methyl sites for hydroxylation is 1. The van der Waals surface area contributed by atoms with Crippen molar-refractivity contribution in [1.29, 1.82) is 0 Å². The van der Waals surface area contributed by atoms with Crippen LogP contribution in [0.5, 0.6) is 0 Å². The number of benzene rings is 1. The van der Waals surface area contributed by atoms with E-state index in [0.717, 1.165) is 23.2 Å². The summed E-state index contributed by atoms with van der Waals surface area (Å²) in [7, 11) is -1.60. The van der Waals surface area contributed by atoms with E-state index in [2.05, 4.69) is 26.8 Å². The van der Waals surface area contributed by atoms with Gasteiger partial charge in [-0.15, -0.1) is 0 Å². The van der Waals surface area contributed by atoms with Gasteiger partial charge >= 0.3 is 0 Å². The van der Waals surface area contributed by atoms with Crippen molar-refractivity contribution in [1.82, 2.24) is 0 Å². The van der Waals surface area contributed by atoms with E-state index in [0.29, 0.717) is 5.92 Å². The quantitative estimate of drug-likeness (QED) is 0.829. The lowest BCUT2D eigenvalue weighted by atomic mass is 9.98. The van der Waals surface area contributed by atoms with Crippen LogP contribution >= 0.6 is 0 Å². The number of rotatable bonds is 4. The minimum absolute atomic E-state index is 0.306. The topological polar surface area (TPSA) is 37.4 Å². The molecule has 0 spiro atoms. The molecule has 0 aromatic heterocycles. The maximum absolute atomic E-state index is 11.6. The van der Waals surface area contributed by atoms with E-state index < -0.39 is 10.0 Å². The molecule has 0 radical (unpaired) electrons. The summed E-state index contributed by atoms with van der Waals surface area (Å²) in [6.45, 7) is 6.20. The predicted octanol–water partition coefficient (Wildman–Crippen LogP) is 2.77. The van der Waals surface area contributed by atoms with Crippen molar-refractivity contribution in [3.8, 4) is 0 Å². The molecule has 0 heterocycles. The molecule has 0 unspecified atom stereocenters. The van der Waals surface area contributed by atoms with Gasteiger partial charge in [-0.2, -0.15) is 0 Å². The van der Waals surface area contributed by atoms with Crippen molar-refractivity contribution in [3.05, 3.63) is 29.3 Å². The van der Waals surface area contributed by atoms with Gasteiger partial charge in [-0.25, -0.2) is 8.42 Å². The summed E-state index contributed by atoms with van der Waals surface area (Å²) in [4.78, 5) is 0. The molecule has 17 heavy (non-hydrogen) atoms. The molecule has 0 amide bonds. The van der Waals surface area contributed by atoms with Crippen molar-refractivity contribution < 1.29 is 8.42 Å². The summed E-state index contributed by atoms with van der Waals surface area (Å²) in [6.07, 6.45) is 2.14. The Hall–Kier alpha value is -1.03. The number of hydrogen-bond acceptors (Lipinski definition) is 2. The van der Waals surface area contributed by atoms with Crippen molar-refractivity contribution in [2.24, 2.45) is 0 Å². The van der Waals surface area contributed by atoms with Crippen LogP contribution in [0.3, 0.4) is 0 Å².